The maximum absolute atomic E-state index is 12.4. The van der Waals surface area contributed by atoms with Crippen molar-refractivity contribution in [1.29, 1.82) is 0 Å². The summed E-state index contributed by atoms with van der Waals surface area (Å²) in [6, 6.07) is 5.23. The van der Waals surface area contributed by atoms with Gasteiger partial charge in [0.1, 0.15) is 0 Å². The van der Waals surface area contributed by atoms with Crippen LogP contribution in [-0.2, 0) is 6.54 Å². The molecule has 1 aromatic carbocycles. The summed E-state index contributed by atoms with van der Waals surface area (Å²) in [5.74, 6) is 0. The molecule has 0 atom stereocenters. The monoisotopic (exact) mass is 324 g/mol. The highest BCUT2D eigenvalue weighted by Gasteiger charge is 2.30. The van der Waals surface area contributed by atoms with E-state index in [0.29, 0.717) is 24.2 Å². The van der Waals surface area contributed by atoms with Crippen molar-refractivity contribution in [3.63, 3.8) is 0 Å². The number of nitrogen functional groups attached to an aromatic ring is 1. The van der Waals surface area contributed by atoms with Crippen molar-refractivity contribution in [3.8, 4) is 0 Å². The molecule has 0 aliphatic heterocycles. The number of alkyl halides is 3. The Morgan fingerprint density at radius 1 is 1.33 bits per heavy atom. The zero-order valence-electron chi connectivity index (χ0n) is 10.1. The van der Waals surface area contributed by atoms with E-state index < -0.39 is 12.7 Å². The molecule has 0 heterocycles. The number of anilines is 1. The first-order chi connectivity index (χ1) is 8.33. The van der Waals surface area contributed by atoms with E-state index in [1.54, 1.807) is 18.2 Å². The molecule has 1 rings (SSSR count). The molecule has 0 aliphatic rings. The van der Waals surface area contributed by atoms with Crippen molar-refractivity contribution in [2.75, 3.05) is 18.8 Å². The Morgan fingerprint density at radius 3 is 2.50 bits per heavy atom. The van der Waals surface area contributed by atoms with E-state index in [0.717, 1.165) is 4.47 Å². The molecule has 0 bridgehead atoms. The lowest BCUT2D eigenvalue weighted by atomic mass is 10.1. The van der Waals surface area contributed by atoms with Gasteiger partial charge in [0, 0.05) is 22.3 Å². The molecule has 0 amide bonds. The molecule has 0 spiro atoms. The van der Waals surface area contributed by atoms with Crippen LogP contribution in [0.5, 0.6) is 0 Å². The third-order valence-corrected chi connectivity index (χ3v) is 3.22. The van der Waals surface area contributed by atoms with Gasteiger partial charge in [-0.05, 0) is 25.1 Å². The van der Waals surface area contributed by atoms with Gasteiger partial charge in [-0.1, -0.05) is 28.9 Å². The van der Waals surface area contributed by atoms with Crippen molar-refractivity contribution in [2.45, 2.75) is 26.1 Å². The maximum Gasteiger partial charge on any atom is 0.401 e. The first kappa shape index (κ1) is 15.3. The summed E-state index contributed by atoms with van der Waals surface area (Å²) >= 11 is 3.32. The molecule has 18 heavy (non-hydrogen) atoms. The second-order valence-corrected chi connectivity index (χ2v) is 4.99. The highest BCUT2D eigenvalue weighted by molar-refractivity contribution is 9.10. The van der Waals surface area contributed by atoms with Crippen molar-refractivity contribution in [2.24, 2.45) is 0 Å². The highest BCUT2D eigenvalue weighted by atomic mass is 79.9. The smallest absolute Gasteiger partial charge is 0.398 e. The second kappa shape index (κ2) is 6.43. The van der Waals surface area contributed by atoms with Gasteiger partial charge in [-0.2, -0.15) is 13.2 Å². The fraction of sp³-hybridized carbons (Fsp3) is 0.500. The van der Waals surface area contributed by atoms with Gasteiger partial charge in [0.05, 0.1) is 6.54 Å². The SMILES string of the molecule is CCCN(Cc1c(N)cccc1Br)CC(F)(F)F. The maximum atomic E-state index is 12.4. The largest absolute Gasteiger partial charge is 0.401 e. The van der Waals surface area contributed by atoms with E-state index in [1.165, 1.54) is 4.90 Å². The first-order valence-electron chi connectivity index (χ1n) is 5.65. The summed E-state index contributed by atoms with van der Waals surface area (Å²) in [6.07, 6.45) is -3.52. The number of hydrogen-bond donors (Lipinski definition) is 1. The average molecular weight is 325 g/mol. The zero-order valence-corrected chi connectivity index (χ0v) is 11.7. The van der Waals surface area contributed by atoms with Crippen LogP contribution in [0.25, 0.3) is 0 Å². The molecule has 0 aromatic heterocycles. The quantitative estimate of drug-likeness (QED) is 0.834. The number of nitrogens with two attached hydrogens (primary N) is 1. The minimum absolute atomic E-state index is 0.195. The van der Waals surface area contributed by atoms with Crippen LogP contribution in [0.1, 0.15) is 18.9 Å². The zero-order chi connectivity index (χ0) is 13.8. The Hall–Kier alpha value is -0.750. The molecule has 0 fully saturated rings. The van der Waals surface area contributed by atoms with E-state index in [9.17, 15) is 13.2 Å². The number of nitrogens with zero attached hydrogens (tertiary/aromatic N) is 1. The molecule has 6 heteroatoms. The van der Waals surface area contributed by atoms with Crippen LogP contribution < -0.4 is 5.73 Å². The van der Waals surface area contributed by atoms with E-state index in [4.69, 9.17) is 5.73 Å². The van der Waals surface area contributed by atoms with Crippen LogP contribution in [0, 0.1) is 0 Å². The summed E-state index contributed by atoms with van der Waals surface area (Å²) in [4.78, 5) is 1.36. The number of benzene rings is 1. The van der Waals surface area contributed by atoms with E-state index >= 15 is 0 Å². The minimum Gasteiger partial charge on any atom is -0.398 e. The summed E-state index contributed by atoms with van der Waals surface area (Å²) in [7, 11) is 0. The third kappa shape index (κ3) is 4.86. The van der Waals surface area contributed by atoms with Gasteiger partial charge in [0.2, 0.25) is 0 Å². The molecule has 2 nitrogen and oxygen atoms in total. The Kier molecular flexibility index (Phi) is 5.47. The minimum atomic E-state index is -4.19. The van der Waals surface area contributed by atoms with Crippen molar-refractivity contribution < 1.29 is 13.2 Å². The Bertz CT molecular complexity index is 373. The van der Waals surface area contributed by atoms with Gasteiger partial charge in [-0.15, -0.1) is 0 Å². The summed E-state index contributed by atoms with van der Waals surface area (Å²) in [6.45, 7) is 1.52. The molecule has 2 N–H and O–H groups in total. The van der Waals surface area contributed by atoms with E-state index in [1.807, 2.05) is 6.92 Å². The molecule has 0 radical (unpaired) electrons. The molecule has 0 saturated carbocycles. The Morgan fingerprint density at radius 2 is 2.00 bits per heavy atom. The normalized spacial score (nSPS) is 12.1. The topological polar surface area (TPSA) is 29.3 Å². The number of rotatable bonds is 5. The van der Waals surface area contributed by atoms with Crippen LogP contribution in [0.15, 0.2) is 22.7 Å². The van der Waals surface area contributed by atoms with Gasteiger partial charge in [-0.25, -0.2) is 0 Å². The number of hydrogen-bond acceptors (Lipinski definition) is 2. The Labute approximate surface area is 113 Å². The standard InChI is InChI=1S/C12H16BrF3N2/c1-2-6-18(8-12(14,15)16)7-9-10(13)4-3-5-11(9)17/h3-5H,2,6-8,17H2,1H3. The van der Waals surface area contributed by atoms with Crippen LogP contribution in [-0.4, -0.2) is 24.2 Å². The Balaban J connectivity index is 2.83. The first-order valence-corrected chi connectivity index (χ1v) is 6.44. The van der Waals surface area contributed by atoms with Gasteiger partial charge in [-0.3, -0.25) is 4.90 Å². The molecular weight excluding hydrogens is 309 g/mol. The van der Waals surface area contributed by atoms with Crippen LogP contribution >= 0.6 is 15.9 Å². The fourth-order valence-electron chi connectivity index (χ4n) is 1.75. The summed E-state index contributed by atoms with van der Waals surface area (Å²) in [5, 5.41) is 0. The summed E-state index contributed by atoms with van der Waals surface area (Å²) < 4.78 is 38.1. The fourth-order valence-corrected chi connectivity index (χ4v) is 2.26. The molecule has 0 unspecified atom stereocenters. The highest BCUT2D eigenvalue weighted by Crippen LogP contribution is 2.26. The van der Waals surface area contributed by atoms with Crippen molar-refractivity contribution in [1.82, 2.24) is 4.90 Å². The lowest BCUT2D eigenvalue weighted by molar-refractivity contribution is -0.147. The molecule has 0 saturated heterocycles. The average Bonchev–Trinajstić information content (AvgIpc) is 2.21. The van der Waals surface area contributed by atoms with Crippen molar-refractivity contribution in [3.05, 3.63) is 28.2 Å². The van der Waals surface area contributed by atoms with Gasteiger partial charge >= 0.3 is 6.18 Å². The lowest BCUT2D eigenvalue weighted by Gasteiger charge is -2.24. The number of halogens is 4. The third-order valence-electron chi connectivity index (χ3n) is 2.48. The summed E-state index contributed by atoms with van der Waals surface area (Å²) in [5.41, 5.74) is 7.00. The van der Waals surface area contributed by atoms with E-state index in [-0.39, 0.29) is 6.54 Å². The predicted octanol–water partition coefficient (Wildman–Crippen LogP) is 3.81. The van der Waals surface area contributed by atoms with E-state index in [2.05, 4.69) is 15.9 Å². The predicted molar refractivity (Wildman–Crippen MR) is 70.2 cm³/mol. The van der Waals surface area contributed by atoms with Gasteiger partial charge in [0.15, 0.2) is 0 Å². The van der Waals surface area contributed by atoms with Gasteiger partial charge < -0.3 is 5.73 Å². The molecule has 1 aromatic rings. The lowest BCUT2D eigenvalue weighted by Crippen LogP contribution is -2.34. The molecular formula is C12H16BrF3N2. The molecule has 0 aliphatic carbocycles. The van der Waals surface area contributed by atoms with Crippen molar-refractivity contribution >= 4 is 21.6 Å². The van der Waals surface area contributed by atoms with Crippen LogP contribution in [0.4, 0.5) is 18.9 Å². The second-order valence-electron chi connectivity index (χ2n) is 4.13. The molecule has 102 valence electrons. The van der Waals surface area contributed by atoms with Gasteiger partial charge in [0.25, 0.3) is 0 Å². The van der Waals surface area contributed by atoms with Crippen LogP contribution in [0.3, 0.4) is 0 Å². The van der Waals surface area contributed by atoms with Crippen LogP contribution in [0.2, 0.25) is 0 Å².